The largest absolute Gasteiger partial charge is 0.363 e. The monoisotopic (exact) mass is 367 g/mol. The van der Waals surface area contributed by atoms with E-state index in [1.165, 1.54) is 25.7 Å². The molecule has 144 valence electrons. The zero-order chi connectivity index (χ0) is 18.8. The fraction of sp³-hybridized carbons (Fsp3) is 0.600. The van der Waals surface area contributed by atoms with Crippen molar-refractivity contribution >= 4 is 11.6 Å². The molecule has 3 heterocycles. The minimum atomic E-state index is 0.561. The van der Waals surface area contributed by atoms with Gasteiger partial charge < -0.3 is 9.80 Å². The molecule has 2 aromatic heterocycles. The van der Waals surface area contributed by atoms with E-state index in [1.807, 2.05) is 38.2 Å². The van der Waals surface area contributed by atoms with Gasteiger partial charge in [-0.25, -0.2) is 19.9 Å². The van der Waals surface area contributed by atoms with Gasteiger partial charge in [0, 0.05) is 58.1 Å². The van der Waals surface area contributed by atoms with Gasteiger partial charge in [0.2, 0.25) is 0 Å². The third-order valence-electron chi connectivity index (χ3n) is 5.47. The summed E-state index contributed by atoms with van der Waals surface area (Å²) in [5.41, 5.74) is 1.12. The summed E-state index contributed by atoms with van der Waals surface area (Å²) >= 11 is 0. The molecular formula is C20H29N7. The van der Waals surface area contributed by atoms with E-state index in [9.17, 15) is 0 Å². The summed E-state index contributed by atoms with van der Waals surface area (Å²) in [6.45, 7) is 5.07. The van der Waals surface area contributed by atoms with Crippen LogP contribution in [0.1, 0.15) is 37.2 Å². The van der Waals surface area contributed by atoms with Gasteiger partial charge in [0.25, 0.3) is 0 Å². The number of hydrogen-bond donors (Lipinski definition) is 0. The Morgan fingerprint density at radius 1 is 1.00 bits per heavy atom. The van der Waals surface area contributed by atoms with E-state index in [2.05, 4.69) is 35.8 Å². The molecule has 0 radical (unpaired) electrons. The van der Waals surface area contributed by atoms with Gasteiger partial charge in [-0.3, -0.25) is 4.90 Å². The van der Waals surface area contributed by atoms with E-state index >= 15 is 0 Å². The zero-order valence-corrected chi connectivity index (χ0v) is 16.5. The Balaban J connectivity index is 1.41. The molecular weight excluding hydrogens is 338 g/mol. The van der Waals surface area contributed by atoms with Crippen LogP contribution in [0, 0.1) is 6.92 Å². The van der Waals surface area contributed by atoms with Gasteiger partial charge in [-0.15, -0.1) is 0 Å². The average molecular weight is 368 g/mol. The second-order valence-electron chi connectivity index (χ2n) is 7.87. The van der Waals surface area contributed by atoms with Gasteiger partial charge in [-0.05, 0) is 38.7 Å². The van der Waals surface area contributed by atoms with Crippen molar-refractivity contribution in [2.45, 2.75) is 51.2 Å². The molecule has 4 rings (SSSR count). The maximum absolute atomic E-state index is 4.61. The Morgan fingerprint density at radius 3 is 2.37 bits per heavy atom. The summed E-state index contributed by atoms with van der Waals surface area (Å²) in [6.07, 6.45) is 8.45. The van der Waals surface area contributed by atoms with E-state index in [0.717, 1.165) is 42.8 Å². The molecule has 0 amide bonds. The Hall–Kier alpha value is -2.28. The van der Waals surface area contributed by atoms with E-state index in [0.29, 0.717) is 12.1 Å². The predicted molar refractivity (Wildman–Crippen MR) is 107 cm³/mol. The molecule has 0 bridgehead atoms. The summed E-state index contributed by atoms with van der Waals surface area (Å²) < 4.78 is 0. The van der Waals surface area contributed by atoms with Gasteiger partial charge in [0.15, 0.2) is 0 Å². The van der Waals surface area contributed by atoms with Crippen molar-refractivity contribution in [3.8, 4) is 0 Å². The maximum atomic E-state index is 4.61. The summed E-state index contributed by atoms with van der Waals surface area (Å²) in [5.74, 6) is 2.91. The van der Waals surface area contributed by atoms with E-state index in [1.54, 1.807) is 6.33 Å². The number of likely N-dealkylation sites (tertiary alicyclic amines) is 1. The van der Waals surface area contributed by atoms with E-state index < -0.39 is 0 Å². The fourth-order valence-corrected chi connectivity index (χ4v) is 3.93. The molecule has 1 saturated carbocycles. The number of nitrogens with zero attached hydrogens (tertiary/aromatic N) is 7. The number of piperidine rings is 1. The Labute approximate surface area is 161 Å². The van der Waals surface area contributed by atoms with Gasteiger partial charge in [0.05, 0.1) is 5.69 Å². The van der Waals surface area contributed by atoms with Crippen molar-refractivity contribution in [1.29, 1.82) is 0 Å². The standard InChI is InChI=1S/C20H29N7/c1-15-21-9-6-16(24-15)13-26-10-7-18(8-11-26)27(17-4-5-17)20-12-19(25(2)3)22-14-23-20/h6,9,12,14,17-18H,4-5,7-8,10-11,13H2,1-3H3. The first-order valence-electron chi connectivity index (χ1n) is 9.89. The lowest BCUT2D eigenvalue weighted by Crippen LogP contribution is -2.46. The molecule has 7 nitrogen and oxygen atoms in total. The van der Waals surface area contributed by atoms with Crippen molar-refractivity contribution in [3.05, 3.63) is 36.2 Å². The van der Waals surface area contributed by atoms with Crippen LogP contribution in [0.4, 0.5) is 11.6 Å². The first-order chi connectivity index (χ1) is 13.1. The molecule has 1 saturated heterocycles. The third kappa shape index (κ3) is 4.35. The Morgan fingerprint density at radius 2 is 1.70 bits per heavy atom. The molecule has 27 heavy (non-hydrogen) atoms. The van der Waals surface area contributed by atoms with Gasteiger partial charge in [-0.1, -0.05) is 0 Å². The van der Waals surface area contributed by atoms with Crippen LogP contribution in [0.15, 0.2) is 24.7 Å². The van der Waals surface area contributed by atoms with Crippen LogP contribution >= 0.6 is 0 Å². The van der Waals surface area contributed by atoms with Gasteiger partial charge in [0.1, 0.15) is 23.8 Å². The number of aryl methyl sites for hydroxylation is 1. The van der Waals surface area contributed by atoms with Crippen molar-refractivity contribution in [2.75, 3.05) is 37.0 Å². The van der Waals surface area contributed by atoms with Crippen molar-refractivity contribution in [3.63, 3.8) is 0 Å². The number of hydrogen-bond acceptors (Lipinski definition) is 7. The Kier molecular flexibility index (Phi) is 5.20. The predicted octanol–water partition coefficient (Wildman–Crippen LogP) is 2.27. The molecule has 0 N–H and O–H groups in total. The number of anilines is 2. The van der Waals surface area contributed by atoms with Gasteiger partial charge in [-0.2, -0.15) is 0 Å². The highest BCUT2D eigenvalue weighted by atomic mass is 15.3. The first kappa shape index (κ1) is 18.1. The lowest BCUT2D eigenvalue weighted by molar-refractivity contribution is 0.198. The molecule has 0 unspecified atom stereocenters. The zero-order valence-electron chi connectivity index (χ0n) is 16.5. The molecule has 1 aliphatic heterocycles. The molecule has 0 aromatic carbocycles. The second kappa shape index (κ2) is 7.76. The SMILES string of the molecule is Cc1nccc(CN2CCC(N(c3cc(N(C)C)ncn3)C3CC3)CC2)n1. The van der Waals surface area contributed by atoms with Crippen LogP contribution in [-0.2, 0) is 6.54 Å². The highest BCUT2D eigenvalue weighted by molar-refractivity contribution is 5.51. The van der Waals surface area contributed by atoms with Crippen LogP contribution in [0.5, 0.6) is 0 Å². The van der Waals surface area contributed by atoms with E-state index in [4.69, 9.17) is 0 Å². The quantitative estimate of drug-likeness (QED) is 0.776. The topological polar surface area (TPSA) is 61.3 Å². The van der Waals surface area contributed by atoms with Crippen molar-refractivity contribution < 1.29 is 0 Å². The van der Waals surface area contributed by atoms with Crippen LogP contribution < -0.4 is 9.80 Å². The number of aromatic nitrogens is 4. The normalized spacial score (nSPS) is 18.5. The summed E-state index contributed by atoms with van der Waals surface area (Å²) in [5, 5.41) is 0. The van der Waals surface area contributed by atoms with E-state index in [-0.39, 0.29) is 0 Å². The molecule has 2 aliphatic rings. The summed E-state index contributed by atoms with van der Waals surface area (Å²) in [7, 11) is 4.06. The first-order valence-corrected chi connectivity index (χ1v) is 9.89. The molecule has 2 fully saturated rings. The van der Waals surface area contributed by atoms with Crippen molar-refractivity contribution in [1.82, 2.24) is 24.8 Å². The highest BCUT2D eigenvalue weighted by Crippen LogP contribution is 2.36. The Bertz CT molecular complexity index is 766. The smallest absolute Gasteiger partial charge is 0.134 e. The highest BCUT2D eigenvalue weighted by Gasteiger charge is 2.36. The average Bonchev–Trinajstić information content (AvgIpc) is 3.49. The number of rotatable bonds is 6. The van der Waals surface area contributed by atoms with Gasteiger partial charge >= 0.3 is 0 Å². The molecule has 7 heteroatoms. The molecule has 2 aromatic rings. The lowest BCUT2D eigenvalue weighted by Gasteiger charge is -2.39. The minimum absolute atomic E-state index is 0.561. The molecule has 0 spiro atoms. The summed E-state index contributed by atoms with van der Waals surface area (Å²) in [6, 6.07) is 5.37. The minimum Gasteiger partial charge on any atom is -0.363 e. The third-order valence-corrected chi connectivity index (χ3v) is 5.47. The molecule has 0 atom stereocenters. The second-order valence-corrected chi connectivity index (χ2v) is 7.87. The van der Waals surface area contributed by atoms with Crippen LogP contribution in [0.2, 0.25) is 0 Å². The van der Waals surface area contributed by atoms with Crippen LogP contribution in [0.25, 0.3) is 0 Å². The van der Waals surface area contributed by atoms with Crippen LogP contribution in [0.3, 0.4) is 0 Å². The maximum Gasteiger partial charge on any atom is 0.134 e. The fourth-order valence-electron chi connectivity index (χ4n) is 3.93. The van der Waals surface area contributed by atoms with Crippen LogP contribution in [-0.4, -0.2) is 64.1 Å². The van der Waals surface area contributed by atoms with Crippen molar-refractivity contribution in [2.24, 2.45) is 0 Å². The lowest BCUT2D eigenvalue weighted by atomic mass is 10.0. The summed E-state index contributed by atoms with van der Waals surface area (Å²) in [4.78, 5) is 24.9. The molecule has 1 aliphatic carbocycles.